The van der Waals surface area contributed by atoms with Crippen molar-refractivity contribution < 1.29 is 17.0 Å². The van der Waals surface area contributed by atoms with Crippen molar-refractivity contribution in [2.75, 3.05) is 13.1 Å². The first-order chi connectivity index (χ1) is 6.95. The van der Waals surface area contributed by atoms with Gasteiger partial charge in [-0.1, -0.05) is 12.8 Å². The Bertz CT molecular complexity index is 258. The minimum Gasteiger partial charge on any atom is -1.00 e. The maximum Gasteiger partial charge on any atom is 2.00 e. The van der Waals surface area contributed by atoms with E-state index in [1.54, 1.807) is 0 Å². The van der Waals surface area contributed by atoms with Crippen molar-refractivity contribution in [3.8, 4) is 0 Å². The van der Waals surface area contributed by atoms with E-state index in [1.165, 1.54) is 44.3 Å². The molecule has 0 aromatic heterocycles. The molecular formula is C13H18BrMgN. The summed E-state index contributed by atoms with van der Waals surface area (Å²) < 4.78 is 0. The number of nitrogens with zero attached hydrogens (tertiary/aromatic N) is 1. The van der Waals surface area contributed by atoms with E-state index in [1.807, 2.05) is 12.1 Å². The van der Waals surface area contributed by atoms with Crippen molar-refractivity contribution in [3.63, 3.8) is 0 Å². The van der Waals surface area contributed by atoms with Crippen LogP contribution >= 0.6 is 0 Å². The van der Waals surface area contributed by atoms with E-state index >= 15 is 0 Å². The zero-order valence-electron chi connectivity index (χ0n) is 9.79. The molecule has 1 fully saturated rings. The van der Waals surface area contributed by atoms with Crippen LogP contribution in [0.1, 0.15) is 31.2 Å². The second kappa shape index (κ2) is 9.46. The second-order valence-electron chi connectivity index (χ2n) is 4.08. The van der Waals surface area contributed by atoms with Crippen LogP contribution in [0.25, 0.3) is 0 Å². The summed E-state index contributed by atoms with van der Waals surface area (Å²) in [5.41, 5.74) is 1.33. The summed E-state index contributed by atoms with van der Waals surface area (Å²) in [5.74, 6) is 0. The van der Waals surface area contributed by atoms with Crippen LogP contribution in [0.5, 0.6) is 0 Å². The van der Waals surface area contributed by atoms with Gasteiger partial charge in [0.05, 0.1) is 0 Å². The van der Waals surface area contributed by atoms with Crippen molar-refractivity contribution in [1.82, 2.24) is 4.90 Å². The maximum absolute atomic E-state index is 3.29. The molecule has 1 saturated heterocycles. The molecule has 0 amide bonds. The quantitative estimate of drug-likeness (QED) is 0.524. The predicted octanol–water partition coefficient (Wildman–Crippen LogP) is -0.514. The van der Waals surface area contributed by atoms with Gasteiger partial charge in [0, 0.05) is 6.54 Å². The Morgan fingerprint density at radius 1 is 1.06 bits per heavy atom. The molecule has 0 radical (unpaired) electrons. The predicted molar refractivity (Wildman–Crippen MR) is 64.8 cm³/mol. The number of halogens is 1. The first kappa shape index (κ1) is 16.4. The van der Waals surface area contributed by atoms with Crippen LogP contribution in [0.3, 0.4) is 0 Å². The van der Waals surface area contributed by atoms with E-state index in [0.29, 0.717) is 0 Å². The molecule has 0 saturated carbocycles. The van der Waals surface area contributed by atoms with Gasteiger partial charge in [-0.3, -0.25) is 0 Å². The molecule has 0 N–H and O–H groups in total. The van der Waals surface area contributed by atoms with Gasteiger partial charge >= 0.3 is 23.1 Å². The minimum atomic E-state index is 0. The van der Waals surface area contributed by atoms with Crippen LogP contribution in [-0.2, 0) is 6.54 Å². The molecule has 1 heterocycles. The standard InChI is InChI=1S/C13H18N.BrH.Mg/c1-2-7-11-14(10-6-1)12-13-8-4-3-5-9-13;;/h3-5,8H,1-2,6-7,10-12H2;1H;/q-1;;+2/p-1. The number of rotatable bonds is 2. The van der Waals surface area contributed by atoms with Crippen LogP contribution in [0, 0.1) is 6.07 Å². The first-order valence-corrected chi connectivity index (χ1v) is 5.63. The SMILES string of the molecule is [Br-].[Mg+2].[c-]1ccccc1CN1CCCCCC1. The van der Waals surface area contributed by atoms with Gasteiger partial charge in [-0.25, -0.2) is 0 Å². The van der Waals surface area contributed by atoms with E-state index in [0.717, 1.165) is 6.54 Å². The average molecular weight is 293 g/mol. The van der Waals surface area contributed by atoms with Gasteiger partial charge in [0.1, 0.15) is 0 Å². The molecule has 0 aliphatic carbocycles. The molecule has 1 aliphatic heterocycles. The molecule has 1 aliphatic rings. The van der Waals surface area contributed by atoms with Crippen LogP contribution in [0.2, 0.25) is 0 Å². The van der Waals surface area contributed by atoms with Gasteiger partial charge in [0.15, 0.2) is 0 Å². The minimum absolute atomic E-state index is 0. The zero-order valence-corrected chi connectivity index (χ0v) is 12.8. The molecule has 2 rings (SSSR count). The van der Waals surface area contributed by atoms with Crippen molar-refractivity contribution in [2.45, 2.75) is 32.2 Å². The van der Waals surface area contributed by atoms with Crippen molar-refractivity contribution in [3.05, 3.63) is 35.9 Å². The Kier molecular flexibility index (Phi) is 9.71. The third-order valence-corrected chi connectivity index (χ3v) is 2.87. The molecule has 84 valence electrons. The zero-order chi connectivity index (χ0) is 9.64. The van der Waals surface area contributed by atoms with Crippen LogP contribution in [0.15, 0.2) is 24.3 Å². The average Bonchev–Trinajstić information content (AvgIpc) is 2.48. The van der Waals surface area contributed by atoms with E-state index in [2.05, 4.69) is 23.1 Å². The summed E-state index contributed by atoms with van der Waals surface area (Å²) >= 11 is 0. The second-order valence-corrected chi connectivity index (χ2v) is 4.08. The molecular weight excluding hydrogens is 274 g/mol. The Labute approximate surface area is 126 Å². The molecule has 1 aromatic rings. The summed E-state index contributed by atoms with van der Waals surface area (Å²) in [5, 5.41) is 0. The number of hydrogen-bond donors (Lipinski definition) is 0. The maximum atomic E-state index is 3.29. The molecule has 1 nitrogen and oxygen atoms in total. The Hall–Kier alpha value is 0.426. The van der Waals surface area contributed by atoms with Crippen LogP contribution in [-0.4, -0.2) is 41.0 Å². The van der Waals surface area contributed by atoms with Gasteiger partial charge in [0.2, 0.25) is 0 Å². The Morgan fingerprint density at radius 3 is 2.31 bits per heavy atom. The fourth-order valence-corrected chi connectivity index (χ4v) is 2.06. The number of hydrogen-bond acceptors (Lipinski definition) is 1. The summed E-state index contributed by atoms with van der Waals surface area (Å²) in [4.78, 5) is 2.55. The summed E-state index contributed by atoms with van der Waals surface area (Å²) in [7, 11) is 0. The summed E-state index contributed by atoms with van der Waals surface area (Å²) in [6.45, 7) is 3.62. The fourth-order valence-electron chi connectivity index (χ4n) is 2.06. The van der Waals surface area contributed by atoms with Gasteiger partial charge in [-0.15, -0.1) is 5.56 Å². The molecule has 16 heavy (non-hydrogen) atoms. The normalized spacial score (nSPS) is 16.8. The topological polar surface area (TPSA) is 3.24 Å². The largest absolute Gasteiger partial charge is 2.00 e. The van der Waals surface area contributed by atoms with E-state index < -0.39 is 0 Å². The third kappa shape index (κ3) is 5.66. The van der Waals surface area contributed by atoms with Gasteiger partial charge in [-0.05, 0) is 25.9 Å². The van der Waals surface area contributed by atoms with Crippen LogP contribution < -0.4 is 17.0 Å². The van der Waals surface area contributed by atoms with Gasteiger partial charge < -0.3 is 21.9 Å². The Balaban J connectivity index is 0.00000112. The van der Waals surface area contributed by atoms with Crippen LogP contribution in [0.4, 0.5) is 0 Å². The van der Waals surface area contributed by atoms with Crippen molar-refractivity contribution in [2.24, 2.45) is 0 Å². The Morgan fingerprint density at radius 2 is 1.75 bits per heavy atom. The van der Waals surface area contributed by atoms with Crippen molar-refractivity contribution in [1.29, 1.82) is 0 Å². The van der Waals surface area contributed by atoms with Gasteiger partial charge in [0.25, 0.3) is 0 Å². The smallest absolute Gasteiger partial charge is 1.00 e. The van der Waals surface area contributed by atoms with E-state index in [4.69, 9.17) is 0 Å². The molecule has 0 atom stereocenters. The summed E-state index contributed by atoms with van der Waals surface area (Å²) in [6.07, 6.45) is 5.56. The monoisotopic (exact) mass is 291 g/mol. The molecule has 0 unspecified atom stereocenters. The number of benzene rings is 1. The van der Waals surface area contributed by atoms with E-state index in [9.17, 15) is 0 Å². The first-order valence-electron chi connectivity index (χ1n) is 5.63. The molecule has 0 bridgehead atoms. The molecule has 1 aromatic carbocycles. The molecule has 0 spiro atoms. The third-order valence-electron chi connectivity index (χ3n) is 2.87. The summed E-state index contributed by atoms with van der Waals surface area (Å²) in [6, 6.07) is 11.6. The van der Waals surface area contributed by atoms with Crippen molar-refractivity contribution >= 4 is 23.1 Å². The van der Waals surface area contributed by atoms with E-state index in [-0.39, 0.29) is 40.0 Å². The molecule has 3 heteroatoms. The fraction of sp³-hybridized carbons (Fsp3) is 0.538. The number of likely N-dealkylation sites (tertiary alicyclic amines) is 1. The van der Waals surface area contributed by atoms with Gasteiger partial charge in [-0.2, -0.15) is 30.3 Å².